The van der Waals surface area contributed by atoms with Crippen molar-refractivity contribution in [3.05, 3.63) is 116 Å². The summed E-state index contributed by atoms with van der Waals surface area (Å²) in [5, 5.41) is 2.76. The van der Waals surface area contributed by atoms with E-state index in [-0.39, 0.29) is 0 Å². The van der Waals surface area contributed by atoms with Crippen LogP contribution in [0.15, 0.2) is 0 Å². The van der Waals surface area contributed by atoms with Gasteiger partial charge in [-0.15, -0.1) is 21.9 Å². The van der Waals surface area contributed by atoms with Crippen LogP contribution in [0.4, 0.5) is 87.8 Å². The topological polar surface area (TPSA) is 16.6 Å². The number of quaternary nitrogens is 1. The summed E-state index contributed by atoms with van der Waals surface area (Å²) in [7, 11) is 0. The molecule has 0 aliphatic heterocycles. The Morgan fingerprint density at radius 2 is 0.417 bits per heavy atom. The predicted molar refractivity (Wildman–Crippen MR) is 174 cm³/mol. The lowest BCUT2D eigenvalue weighted by Crippen LogP contribution is -3.05. The molecule has 0 saturated heterocycles. The molecule has 60 heavy (non-hydrogen) atoms. The average Bonchev–Trinajstić information content (AvgIpc) is 3.21. The molecule has 2 saturated carbocycles. The maximum Gasteiger partial charge on any atom is 0.200 e. The van der Waals surface area contributed by atoms with Gasteiger partial charge in [-0.2, -0.15) is 0 Å². The van der Waals surface area contributed by atoms with Gasteiger partial charge in [0.1, 0.15) is 52.7 Å². The first-order valence-corrected chi connectivity index (χ1v) is 17.9. The zero-order valence-corrected chi connectivity index (χ0v) is 30.8. The largest absolute Gasteiger partial charge is 0.337 e. The number of rotatable bonds is 6. The third-order valence-corrected chi connectivity index (χ3v) is 11.4. The van der Waals surface area contributed by atoms with Crippen LogP contribution in [0.2, 0.25) is 0 Å². The van der Waals surface area contributed by atoms with Crippen LogP contribution in [0, 0.1) is 116 Å². The van der Waals surface area contributed by atoms with Crippen molar-refractivity contribution < 1.29 is 93.1 Å². The van der Waals surface area contributed by atoms with E-state index in [1.165, 1.54) is 64.2 Å². The summed E-state index contributed by atoms with van der Waals surface area (Å²) in [4.78, 5) is 0. The van der Waals surface area contributed by atoms with Gasteiger partial charge in [0.25, 0.3) is 0 Å². The van der Waals surface area contributed by atoms with Crippen LogP contribution in [0.25, 0.3) is 0 Å². The summed E-state index contributed by atoms with van der Waals surface area (Å²) >= 11 is 0. The van der Waals surface area contributed by atoms with Gasteiger partial charge in [0.15, 0.2) is 69.8 Å². The first kappa shape index (κ1) is 46.6. The maximum atomic E-state index is 15.4. The molecule has 22 heteroatoms. The van der Waals surface area contributed by atoms with Gasteiger partial charge in [-0.1, -0.05) is 12.8 Å². The van der Waals surface area contributed by atoms with E-state index in [1.807, 2.05) is 0 Å². The van der Waals surface area contributed by atoms with Gasteiger partial charge >= 0.3 is 0 Å². The summed E-state index contributed by atoms with van der Waals surface area (Å²) in [5.74, 6) is -71.4. The highest BCUT2D eigenvalue weighted by Crippen LogP contribution is 2.32. The third kappa shape index (κ3) is 7.37. The zero-order valence-electron chi connectivity index (χ0n) is 30.8. The van der Waals surface area contributed by atoms with Gasteiger partial charge < -0.3 is 5.32 Å². The van der Waals surface area contributed by atoms with Crippen molar-refractivity contribution in [2.24, 2.45) is 0 Å². The zero-order chi connectivity index (χ0) is 45.1. The summed E-state index contributed by atoms with van der Waals surface area (Å²) in [5.41, 5.74) is -13.2. The minimum absolute atomic E-state index is 0.574. The molecule has 2 aliphatic rings. The number of nitrogens with two attached hydrogens (primary N) is 1. The van der Waals surface area contributed by atoms with Gasteiger partial charge in [-0.25, -0.2) is 87.8 Å². The highest BCUT2D eigenvalue weighted by Gasteiger charge is 2.52. The minimum atomic E-state index is -7.22. The fraction of sp³-hybridized carbons (Fsp3) is 0.368. The summed E-state index contributed by atoms with van der Waals surface area (Å²) in [6.07, 6.45) is 7.36. The molecule has 2 N–H and O–H groups in total. The van der Waals surface area contributed by atoms with Crippen molar-refractivity contribution in [1.82, 2.24) is 0 Å². The Morgan fingerprint density at radius 3 is 0.583 bits per heavy atom. The second-order valence-corrected chi connectivity index (χ2v) is 15.4. The van der Waals surface area contributed by atoms with Gasteiger partial charge in [0.05, 0.1) is 11.1 Å². The standard InChI is InChI=1S/C24BF20.C14H27N/c26-5-1(6(27)14(35)21(42)13(5)34)25(2-7(28)15(36)22(43)16(37)8(2)29,3-9(30)17(38)23(44)18(39)10(3)31)4-11(32)19(40)24(45)20(41)12(4)33;1-13(9-5-3-6-10-13)15-14(2)11-7-4-8-12-14/h;15H,3-12H2,1-2H3/q-1;/p+1. The van der Waals surface area contributed by atoms with Crippen molar-refractivity contribution in [2.75, 3.05) is 0 Å². The van der Waals surface area contributed by atoms with E-state index < -0.39 is 144 Å². The van der Waals surface area contributed by atoms with E-state index in [0.29, 0.717) is 11.1 Å². The molecule has 0 atom stereocenters. The van der Waals surface area contributed by atoms with Crippen LogP contribution in [0.5, 0.6) is 0 Å². The molecule has 328 valence electrons. The molecule has 6 rings (SSSR count). The highest BCUT2D eigenvalue weighted by atomic mass is 19.2. The average molecular weight is 889 g/mol. The van der Waals surface area contributed by atoms with Gasteiger partial charge in [0.2, 0.25) is 0 Å². The highest BCUT2D eigenvalue weighted by molar-refractivity contribution is 7.20. The Bertz CT molecular complexity index is 1950. The predicted octanol–water partition coefficient (Wildman–Crippen LogP) is 8.84. The summed E-state index contributed by atoms with van der Waals surface area (Å²) < 4.78 is 294. The smallest absolute Gasteiger partial charge is 0.200 e. The molecule has 2 fully saturated rings. The Kier molecular flexibility index (Phi) is 13.0. The molecule has 0 bridgehead atoms. The van der Waals surface area contributed by atoms with Crippen LogP contribution in [-0.4, -0.2) is 17.2 Å². The maximum absolute atomic E-state index is 15.4. The van der Waals surface area contributed by atoms with Crippen LogP contribution >= 0.6 is 0 Å². The van der Waals surface area contributed by atoms with Crippen LogP contribution < -0.4 is 27.2 Å². The molecule has 1 nitrogen and oxygen atoms in total. The number of hydrogen-bond donors (Lipinski definition) is 1. The molecule has 0 unspecified atom stereocenters. The molecule has 0 amide bonds. The normalized spacial score (nSPS) is 16.5. The third-order valence-electron chi connectivity index (χ3n) is 11.4. The van der Waals surface area contributed by atoms with Gasteiger partial charge in [0, 0.05) is 25.7 Å². The van der Waals surface area contributed by atoms with E-state index in [1.54, 1.807) is 0 Å². The fourth-order valence-corrected chi connectivity index (χ4v) is 8.72. The van der Waals surface area contributed by atoms with Crippen LogP contribution in [0.3, 0.4) is 0 Å². The Labute approximate surface area is 326 Å². The van der Waals surface area contributed by atoms with Gasteiger partial charge in [-0.3, -0.25) is 0 Å². The lowest BCUT2D eigenvalue weighted by Gasteiger charge is -2.44. The first-order valence-electron chi connectivity index (χ1n) is 17.9. The van der Waals surface area contributed by atoms with E-state index in [4.69, 9.17) is 0 Å². The Hall–Kier alpha value is -4.50. The molecular weight excluding hydrogens is 861 g/mol. The van der Waals surface area contributed by atoms with Gasteiger partial charge in [-0.05, 0) is 39.5 Å². The van der Waals surface area contributed by atoms with E-state index in [0.717, 1.165) is 0 Å². The Morgan fingerprint density at radius 1 is 0.267 bits per heavy atom. The van der Waals surface area contributed by atoms with Crippen LogP contribution in [0.1, 0.15) is 78.1 Å². The molecule has 0 aromatic heterocycles. The minimum Gasteiger partial charge on any atom is -0.337 e. The van der Waals surface area contributed by atoms with Crippen molar-refractivity contribution in [1.29, 1.82) is 0 Å². The molecule has 4 aromatic carbocycles. The summed E-state index contributed by atoms with van der Waals surface area (Å²) in [6, 6.07) is 0. The molecule has 0 spiro atoms. The van der Waals surface area contributed by atoms with E-state index in [9.17, 15) is 52.7 Å². The molecule has 2 aliphatic carbocycles. The SMILES string of the molecule is CC1([NH2+]C2(C)CCCCC2)CCCCC1.Fc1c(F)c(F)c([B-](c2c(F)c(F)c(F)c(F)c2F)(c2c(F)c(F)c(F)c(F)c2F)c2c(F)c(F)c(F)c(F)c2F)c(F)c1F. The van der Waals surface area contributed by atoms with Crippen molar-refractivity contribution >= 4 is 28.0 Å². The Balaban J connectivity index is 0.000000379. The molecular formula is C38H28BF20N. The number of hydrogen-bond acceptors (Lipinski definition) is 0. The number of halogens is 20. The fourth-order valence-electron chi connectivity index (χ4n) is 8.72. The van der Waals surface area contributed by atoms with Crippen molar-refractivity contribution in [3.8, 4) is 0 Å². The lowest BCUT2D eigenvalue weighted by atomic mass is 9.12. The molecule has 0 radical (unpaired) electrons. The van der Waals surface area contributed by atoms with Crippen molar-refractivity contribution in [3.63, 3.8) is 0 Å². The second kappa shape index (κ2) is 16.8. The first-order chi connectivity index (χ1) is 27.8. The van der Waals surface area contributed by atoms with Crippen LogP contribution in [-0.2, 0) is 0 Å². The lowest BCUT2D eigenvalue weighted by molar-refractivity contribution is -0.789. The molecule has 4 aromatic rings. The monoisotopic (exact) mass is 889 g/mol. The number of benzene rings is 4. The van der Waals surface area contributed by atoms with E-state index >= 15 is 35.1 Å². The van der Waals surface area contributed by atoms with Crippen molar-refractivity contribution in [2.45, 2.75) is 89.1 Å². The quantitative estimate of drug-likeness (QED) is 0.0864. The summed E-state index contributed by atoms with van der Waals surface area (Å²) in [6.45, 7) is 5.01. The van der Waals surface area contributed by atoms with E-state index in [2.05, 4.69) is 19.2 Å². The molecule has 0 heterocycles. The second-order valence-electron chi connectivity index (χ2n) is 15.4.